The molecule has 6 nitrogen and oxygen atoms in total. The number of ether oxygens (including phenoxy) is 2. The van der Waals surface area contributed by atoms with Gasteiger partial charge in [0, 0.05) is 16.5 Å². The molecular formula is C20H21N3O3S. The summed E-state index contributed by atoms with van der Waals surface area (Å²) in [6.07, 6.45) is 1.61. The maximum absolute atomic E-state index is 9.95. The average molecular weight is 383 g/mol. The molecule has 1 aromatic heterocycles. The minimum Gasteiger partial charge on any atom is -0.502 e. The number of aromatic hydroxyl groups is 1. The Morgan fingerprint density at radius 2 is 1.78 bits per heavy atom. The van der Waals surface area contributed by atoms with Gasteiger partial charge in [-0.1, -0.05) is 12.1 Å². The lowest BCUT2D eigenvalue weighted by molar-refractivity contribution is 0.340. The molecule has 27 heavy (non-hydrogen) atoms. The van der Waals surface area contributed by atoms with Crippen molar-refractivity contribution in [3.8, 4) is 28.5 Å². The van der Waals surface area contributed by atoms with Gasteiger partial charge in [-0.25, -0.2) is 4.98 Å². The number of nitrogens with one attached hydrogen (secondary N) is 1. The molecule has 2 aromatic carbocycles. The molecule has 0 saturated heterocycles. The van der Waals surface area contributed by atoms with E-state index in [1.54, 1.807) is 18.3 Å². The van der Waals surface area contributed by atoms with Crippen LogP contribution in [0.15, 0.2) is 40.8 Å². The number of methoxy groups -OCH3 is 2. The van der Waals surface area contributed by atoms with Gasteiger partial charge >= 0.3 is 0 Å². The van der Waals surface area contributed by atoms with Crippen molar-refractivity contribution in [2.45, 2.75) is 13.8 Å². The molecule has 0 aliphatic heterocycles. The molecule has 3 aromatic rings. The van der Waals surface area contributed by atoms with Crippen LogP contribution in [-0.4, -0.2) is 30.5 Å². The monoisotopic (exact) mass is 383 g/mol. The topological polar surface area (TPSA) is 76.0 Å². The predicted molar refractivity (Wildman–Crippen MR) is 109 cm³/mol. The zero-order valence-electron chi connectivity index (χ0n) is 15.6. The van der Waals surface area contributed by atoms with Crippen molar-refractivity contribution in [3.63, 3.8) is 0 Å². The number of aryl methyl sites for hydroxylation is 2. The fourth-order valence-corrected chi connectivity index (χ4v) is 3.18. The van der Waals surface area contributed by atoms with Gasteiger partial charge in [-0.2, -0.15) is 5.10 Å². The van der Waals surface area contributed by atoms with Crippen LogP contribution in [-0.2, 0) is 0 Å². The minimum absolute atomic E-state index is 0.0388. The number of rotatable bonds is 6. The molecule has 0 aliphatic rings. The van der Waals surface area contributed by atoms with E-state index in [1.165, 1.54) is 36.7 Å². The molecule has 0 fully saturated rings. The second-order valence-corrected chi connectivity index (χ2v) is 6.84. The average Bonchev–Trinajstić information content (AvgIpc) is 3.14. The van der Waals surface area contributed by atoms with Crippen molar-refractivity contribution in [3.05, 3.63) is 52.4 Å². The van der Waals surface area contributed by atoms with Gasteiger partial charge in [0.15, 0.2) is 11.5 Å². The van der Waals surface area contributed by atoms with Crippen molar-refractivity contribution in [1.82, 2.24) is 4.98 Å². The summed E-state index contributed by atoms with van der Waals surface area (Å²) in [6.45, 7) is 4.18. The first-order valence-electron chi connectivity index (χ1n) is 8.29. The third-order valence-electron chi connectivity index (χ3n) is 4.18. The Morgan fingerprint density at radius 1 is 1.07 bits per heavy atom. The van der Waals surface area contributed by atoms with E-state index in [1.807, 2.05) is 5.38 Å². The third-order valence-corrected chi connectivity index (χ3v) is 4.93. The highest BCUT2D eigenvalue weighted by Gasteiger charge is 2.10. The molecule has 0 spiro atoms. The summed E-state index contributed by atoms with van der Waals surface area (Å²) >= 11 is 1.48. The Kier molecular flexibility index (Phi) is 5.61. The number of aromatic nitrogens is 1. The molecule has 2 N–H and O–H groups in total. The van der Waals surface area contributed by atoms with Crippen molar-refractivity contribution in [2.24, 2.45) is 5.10 Å². The zero-order chi connectivity index (χ0) is 19.4. The van der Waals surface area contributed by atoms with Crippen LogP contribution in [0, 0.1) is 13.8 Å². The molecule has 140 valence electrons. The molecule has 0 unspecified atom stereocenters. The first-order chi connectivity index (χ1) is 13.0. The standard InChI is InChI=1S/C20H21N3O3S/c1-12-5-6-15(7-13(12)2)16-11-27-20(22-16)23-21-10-14-8-17(25-3)19(24)18(9-14)26-4/h5-11,24H,1-4H3,(H,22,23)/b21-10-. The minimum atomic E-state index is -0.0388. The van der Waals surface area contributed by atoms with Gasteiger partial charge in [-0.15, -0.1) is 11.3 Å². The molecule has 0 amide bonds. The van der Waals surface area contributed by atoms with Gasteiger partial charge in [0.2, 0.25) is 10.9 Å². The van der Waals surface area contributed by atoms with E-state index in [0.717, 1.165) is 16.8 Å². The van der Waals surface area contributed by atoms with Gasteiger partial charge in [0.05, 0.1) is 26.1 Å². The Labute approximate surface area is 162 Å². The van der Waals surface area contributed by atoms with E-state index >= 15 is 0 Å². The Morgan fingerprint density at radius 3 is 2.41 bits per heavy atom. The number of phenols is 1. The van der Waals surface area contributed by atoms with Crippen LogP contribution in [0.1, 0.15) is 16.7 Å². The Bertz CT molecular complexity index is 957. The van der Waals surface area contributed by atoms with E-state index < -0.39 is 0 Å². The molecule has 0 saturated carbocycles. The van der Waals surface area contributed by atoms with Crippen molar-refractivity contribution in [1.29, 1.82) is 0 Å². The number of benzene rings is 2. The van der Waals surface area contributed by atoms with Crippen LogP contribution in [0.25, 0.3) is 11.3 Å². The second-order valence-electron chi connectivity index (χ2n) is 5.98. The summed E-state index contributed by atoms with van der Waals surface area (Å²) in [6, 6.07) is 9.64. The molecule has 3 rings (SSSR count). The lowest BCUT2D eigenvalue weighted by atomic mass is 10.1. The van der Waals surface area contributed by atoms with Crippen LogP contribution in [0.4, 0.5) is 5.13 Å². The molecule has 0 aliphatic carbocycles. The molecule has 0 atom stereocenters. The molecule has 0 bridgehead atoms. The maximum atomic E-state index is 9.95. The first-order valence-corrected chi connectivity index (χ1v) is 9.17. The smallest absolute Gasteiger partial charge is 0.203 e. The molecular weight excluding hydrogens is 362 g/mol. The SMILES string of the molecule is COc1cc(/C=N\Nc2nc(-c3ccc(C)c(C)c3)cs2)cc(OC)c1O. The number of nitrogens with zero attached hydrogens (tertiary/aromatic N) is 2. The Balaban J connectivity index is 1.74. The number of hydrogen-bond acceptors (Lipinski definition) is 7. The van der Waals surface area contributed by atoms with Gasteiger partial charge < -0.3 is 14.6 Å². The van der Waals surface area contributed by atoms with Gasteiger partial charge in [0.25, 0.3) is 0 Å². The molecule has 1 heterocycles. The number of hydrogen-bond donors (Lipinski definition) is 2. The molecule has 7 heteroatoms. The number of phenolic OH excluding ortho intramolecular Hbond substituents is 1. The van der Waals surface area contributed by atoms with Gasteiger partial charge in [0.1, 0.15) is 0 Å². The summed E-state index contributed by atoms with van der Waals surface area (Å²) in [5.41, 5.74) is 8.15. The zero-order valence-corrected chi connectivity index (χ0v) is 16.4. The number of anilines is 1. The lowest BCUT2D eigenvalue weighted by Crippen LogP contribution is -1.94. The van der Waals surface area contributed by atoms with Crippen molar-refractivity contribution >= 4 is 22.7 Å². The van der Waals surface area contributed by atoms with Crippen LogP contribution in [0.2, 0.25) is 0 Å². The summed E-state index contributed by atoms with van der Waals surface area (Å²) in [5.74, 6) is 0.604. The van der Waals surface area contributed by atoms with Crippen LogP contribution in [0.5, 0.6) is 17.2 Å². The van der Waals surface area contributed by atoms with Crippen LogP contribution < -0.4 is 14.9 Å². The summed E-state index contributed by atoms with van der Waals surface area (Å²) < 4.78 is 10.3. The third kappa shape index (κ3) is 4.20. The van der Waals surface area contributed by atoms with Gasteiger partial charge in [-0.3, -0.25) is 5.43 Å². The van der Waals surface area contributed by atoms with Crippen molar-refractivity contribution in [2.75, 3.05) is 19.6 Å². The fourth-order valence-electron chi connectivity index (χ4n) is 2.51. The summed E-state index contributed by atoms with van der Waals surface area (Å²) in [4.78, 5) is 4.57. The number of thiazole rings is 1. The van der Waals surface area contributed by atoms with E-state index in [0.29, 0.717) is 16.6 Å². The lowest BCUT2D eigenvalue weighted by Gasteiger charge is -2.09. The van der Waals surface area contributed by atoms with E-state index in [2.05, 4.69) is 47.6 Å². The summed E-state index contributed by atoms with van der Waals surface area (Å²) in [5, 5.41) is 16.8. The highest BCUT2D eigenvalue weighted by atomic mass is 32.1. The highest BCUT2D eigenvalue weighted by molar-refractivity contribution is 7.14. The van der Waals surface area contributed by atoms with Crippen LogP contribution in [0.3, 0.4) is 0 Å². The van der Waals surface area contributed by atoms with Gasteiger partial charge in [-0.05, 0) is 43.2 Å². The molecule has 0 radical (unpaired) electrons. The second kappa shape index (κ2) is 8.09. The largest absolute Gasteiger partial charge is 0.502 e. The highest BCUT2D eigenvalue weighted by Crippen LogP contribution is 2.36. The van der Waals surface area contributed by atoms with E-state index in [4.69, 9.17) is 9.47 Å². The van der Waals surface area contributed by atoms with E-state index in [-0.39, 0.29) is 5.75 Å². The normalized spacial score (nSPS) is 11.0. The van der Waals surface area contributed by atoms with Crippen molar-refractivity contribution < 1.29 is 14.6 Å². The summed E-state index contributed by atoms with van der Waals surface area (Å²) in [7, 11) is 2.97. The number of hydrazone groups is 1. The Hall–Kier alpha value is -3.06. The maximum Gasteiger partial charge on any atom is 0.203 e. The fraction of sp³-hybridized carbons (Fsp3) is 0.200. The quantitative estimate of drug-likeness (QED) is 0.481. The van der Waals surface area contributed by atoms with E-state index in [9.17, 15) is 5.11 Å². The van der Waals surface area contributed by atoms with Crippen LogP contribution >= 0.6 is 11.3 Å². The first kappa shape index (κ1) is 18.7. The predicted octanol–water partition coefficient (Wildman–Crippen LogP) is 4.60.